The lowest BCUT2D eigenvalue weighted by atomic mass is 9.73. The van der Waals surface area contributed by atoms with Gasteiger partial charge >= 0.3 is 11.9 Å². The molecule has 0 saturated carbocycles. The molecule has 0 aliphatic heterocycles. The molecule has 0 aromatic carbocycles. The molecule has 0 aliphatic carbocycles. The first-order chi connectivity index (χ1) is 15.2. The number of carbonyl (C=O) groups excluding carboxylic acids is 2. The fraction of sp³-hybridized carbons (Fsp3) is 0.778. The van der Waals surface area contributed by atoms with Gasteiger partial charge in [-0.3, -0.25) is 9.59 Å². The summed E-state index contributed by atoms with van der Waals surface area (Å²) in [4.78, 5) is 26.5. The smallest absolute Gasteiger partial charge is 0.323 e. The zero-order valence-corrected chi connectivity index (χ0v) is 23.1. The van der Waals surface area contributed by atoms with Gasteiger partial charge in [0.05, 0.1) is 13.2 Å². The summed E-state index contributed by atoms with van der Waals surface area (Å²) in [6.07, 6.45) is 10.3. The summed E-state index contributed by atoms with van der Waals surface area (Å²) < 4.78 is 12.1. The first kappa shape index (κ1) is 30.9. The van der Waals surface area contributed by atoms with E-state index in [1.807, 2.05) is 6.92 Å². The Balaban J connectivity index is 6.44. The minimum absolute atomic E-state index is 0.0619. The number of halogens is 1. The lowest BCUT2D eigenvalue weighted by molar-refractivity contribution is -0.173. The summed E-state index contributed by atoms with van der Waals surface area (Å²) in [6, 6.07) is 0. The van der Waals surface area contributed by atoms with E-state index in [0.717, 1.165) is 63.4 Å². The van der Waals surface area contributed by atoms with E-state index in [0.29, 0.717) is 6.42 Å². The third-order valence-corrected chi connectivity index (χ3v) is 7.01. The SMILES string of the molecule is C=C(C)CC(CC(CCCC)C(Br)=C(CCCC)CCCC)(C(=O)OCC)C(=O)OCC. The molecule has 0 N–H and O–H groups in total. The fourth-order valence-corrected chi connectivity index (χ4v) is 4.93. The number of hydrogen-bond acceptors (Lipinski definition) is 4. The van der Waals surface area contributed by atoms with Crippen molar-refractivity contribution in [3.8, 4) is 0 Å². The number of unbranched alkanes of at least 4 members (excludes halogenated alkanes) is 3. The zero-order chi connectivity index (χ0) is 24.6. The Hall–Kier alpha value is -1.10. The van der Waals surface area contributed by atoms with E-state index in [2.05, 4.69) is 43.3 Å². The van der Waals surface area contributed by atoms with Gasteiger partial charge in [-0.1, -0.05) is 73.5 Å². The van der Waals surface area contributed by atoms with E-state index in [1.54, 1.807) is 13.8 Å². The Labute approximate surface area is 205 Å². The average Bonchev–Trinajstić information content (AvgIpc) is 2.75. The lowest BCUT2D eigenvalue weighted by Crippen LogP contribution is -2.44. The van der Waals surface area contributed by atoms with Crippen molar-refractivity contribution >= 4 is 27.9 Å². The van der Waals surface area contributed by atoms with Gasteiger partial charge in [-0.05, 0) is 76.1 Å². The maximum atomic E-state index is 13.3. The van der Waals surface area contributed by atoms with Gasteiger partial charge in [0.2, 0.25) is 0 Å². The van der Waals surface area contributed by atoms with Crippen molar-refractivity contribution in [2.75, 3.05) is 13.2 Å². The molecule has 0 fully saturated rings. The number of ether oxygens (including phenoxy) is 2. The van der Waals surface area contributed by atoms with Gasteiger partial charge in [-0.2, -0.15) is 0 Å². The molecule has 0 heterocycles. The Bertz CT molecular complexity index is 581. The van der Waals surface area contributed by atoms with Crippen LogP contribution in [-0.4, -0.2) is 25.2 Å². The van der Waals surface area contributed by atoms with Crippen LogP contribution in [0.25, 0.3) is 0 Å². The van der Waals surface area contributed by atoms with Crippen LogP contribution in [-0.2, 0) is 19.1 Å². The van der Waals surface area contributed by atoms with E-state index < -0.39 is 17.4 Å². The molecule has 5 heteroatoms. The second kappa shape index (κ2) is 17.4. The van der Waals surface area contributed by atoms with Crippen molar-refractivity contribution in [1.82, 2.24) is 0 Å². The van der Waals surface area contributed by atoms with Crippen LogP contribution in [0.3, 0.4) is 0 Å². The first-order valence-corrected chi connectivity index (χ1v) is 13.4. The van der Waals surface area contributed by atoms with Crippen molar-refractivity contribution in [3.63, 3.8) is 0 Å². The van der Waals surface area contributed by atoms with Crippen LogP contribution in [0.2, 0.25) is 0 Å². The largest absolute Gasteiger partial charge is 0.465 e. The highest BCUT2D eigenvalue weighted by atomic mass is 79.9. The molecule has 0 saturated heterocycles. The normalized spacial score (nSPS) is 12.2. The Morgan fingerprint density at radius 1 is 0.875 bits per heavy atom. The molecule has 4 nitrogen and oxygen atoms in total. The second-order valence-electron chi connectivity index (χ2n) is 8.86. The topological polar surface area (TPSA) is 52.6 Å². The van der Waals surface area contributed by atoms with Crippen molar-refractivity contribution in [1.29, 1.82) is 0 Å². The molecule has 1 unspecified atom stereocenters. The Morgan fingerprint density at radius 3 is 1.72 bits per heavy atom. The molecule has 0 aliphatic rings. The van der Waals surface area contributed by atoms with Crippen LogP contribution >= 0.6 is 15.9 Å². The van der Waals surface area contributed by atoms with Crippen molar-refractivity contribution in [3.05, 3.63) is 22.2 Å². The van der Waals surface area contributed by atoms with E-state index in [1.165, 1.54) is 10.1 Å². The maximum Gasteiger partial charge on any atom is 0.323 e. The average molecular weight is 516 g/mol. The molecule has 0 bridgehead atoms. The highest BCUT2D eigenvalue weighted by Crippen LogP contribution is 2.43. The highest BCUT2D eigenvalue weighted by molar-refractivity contribution is 9.11. The second-order valence-corrected chi connectivity index (χ2v) is 9.71. The van der Waals surface area contributed by atoms with Crippen LogP contribution in [0.15, 0.2) is 22.2 Å². The van der Waals surface area contributed by atoms with Crippen molar-refractivity contribution in [2.24, 2.45) is 11.3 Å². The zero-order valence-electron chi connectivity index (χ0n) is 21.5. The Kier molecular flexibility index (Phi) is 16.8. The van der Waals surface area contributed by atoms with Gasteiger partial charge in [0.25, 0.3) is 0 Å². The molecule has 0 spiro atoms. The molecule has 0 aromatic heterocycles. The molecule has 32 heavy (non-hydrogen) atoms. The summed E-state index contributed by atoms with van der Waals surface area (Å²) in [7, 11) is 0. The van der Waals surface area contributed by atoms with E-state index >= 15 is 0 Å². The van der Waals surface area contributed by atoms with Crippen LogP contribution in [0, 0.1) is 11.3 Å². The number of allylic oxidation sites excluding steroid dienone is 3. The Morgan fingerprint density at radius 2 is 1.34 bits per heavy atom. The molecule has 186 valence electrons. The molecule has 0 amide bonds. The number of carbonyl (C=O) groups is 2. The minimum Gasteiger partial charge on any atom is -0.465 e. The predicted octanol–water partition coefficient (Wildman–Crippen LogP) is 8.29. The van der Waals surface area contributed by atoms with Gasteiger partial charge in [-0.25, -0.2) is 0 Å². The van der Waals surface area contributed by atoms with Crippen LogP contribution in [0.1, 0.15) is 112 Å². The monoisotopic (exact) mass is 514 g/mol. The van der Waals surface area contributed by atoms with E-state index in [-0.39, 0.29) is 25.6 Å². The lowest BCUT2D eigenvalue weighted by Gasteiger charge is -2.33. The molecular formula is C27H47BrO4. The molecule has 0 rings (SSSR count). The van der Waals surface area contributed by atoms with E-state index in [4.69, 9.17) is 9.47 Å². The molecule has 0 aromatic rings. The molecular weight excluding hydrogens is 468 g/mol. The first-order valence-electron chi connectivity index (χ1n) is 12.6. The van der Waals surface area contributed by atoms with Gasteiger partial charge in [0, 0.05) is 0 Å². The summed E-state index contributed by atoms with van der Waals surface area (Å²) in [5.74, 6) is -0.925. The highest BCUT2D eigenvalue weighted by Gasteiger charge is 2.50. The minimum atomic E-state index is -1.37. The number of rotatable bonds is 18. The number of esters is 2. The van der Waals surface area contributed by atoms with E-state index in [9.17, 15) is 9.59 Å². The maximum absolute atomic E-state index is 13.3. The quantitative estimate of drug-likeness (QED) is 0.105. The summed E-state index contributed by atoms with van der Waals surface area (Å²) in [5, 5.41) is 0. The standard InChI is InChI=1S/C27H47BrO4/c1-8-13-16-22(17-14-9-2)24(28)23(18-15-10-3)20-27(19-21(6)7,25(29)31-11-4)26(30)32-12-5/h23H,6,8-20H2,1-5,7H3. The summed E-state index contributed by atoms with van der Waals surface area (Å²) in [5.41, 5.74) is 0.833. The third-order valence-electron chi connectivity index (χ3n) is 5.80. The van der Waals surface area contributed by atoms with Crippen LogP contribution in [0.4, 0.5) is 0 Å². The summed E-state index contributed by atoms with van der Waals surface area (Å²) >= 11 is 3.95. The fourth-order valence-electron chi connectivity index (χ4n) is 4.14. The van der Waals surface area contributed by atoms with Gasteiger partial charge in [-0.15, -0.1) is 6.58 Å². The van der Waals surface area contributed by atoms with Gasteiger partial charge in [0.1, 0.15) is 0 Å². The van der Waals surface area contributed by atoms with Gasteiger partial charge in [0.15, 0.2) is 5.41 Å². The molecule has 1 atom stereocenters. The number of hydrogen-bond donors (Lipinski definition) is 0. The third kappa shape index (κ3) is 10.2. The summed E-state index contributed by atoms with van der Waals surface area (Å²) in [6.45, 7) is 16.4. The van der Waals surface area contributed by atoms with Crippen LogP contribution < -0.4 is 0 Å². The van der Waals surface area contributed by atoms with Crippen molar-refractivity contribution < 1.29 is 19.1 Å². The van der Waals surface area contributed by atoms with Crippen molar-refractivity contribution in [2.45, 2.75) is 112 Å². The van der Waals surface area contributed by atoms with Gasteiger partial charge < -0.3 is 9.47 Å². The predicted molar refractivity (Wildman–Crippen MR) is 138 cm³/mol. The molecule has 0 radical (unpaired) electrons. The van der Waals surface area contributed by atoms with Crippen LogP contribution in [0.5, 0.6) is 0 Å².